The number of rotatable bonds is 5. The van der Waals surface area contributed by atoms with Gasteiger partial charge in [0.05, 0.1) is 12.5 Å². The zero-order valence-electron chi connectivity index (χ0n) is 16.8. The molecule has 160 valence electrons. The number of hydrogen-bond acceptors (Lipinski definition) is 6. The van der Waals surface area contributed by atoms with Gasteiger partial charge in [0.15, 0.2) is 0 Å². The number of aromatic nitrogens is 3. The third kappa shape index (κ3) is 4.03. The highest BCUT2D eigenvalue weighted by atomic mass is 19.1. The van der Waals surface area contributed by atoms with Crippen LogP contribution >= 0.6 is 0 Å². The largest absolute Gasteiger partial charge is 0.466 e. The van der Waals surface area contributed by atoms with E-state index in [4.69, 9.17) is 4.74 Å². The van der Waals surface area contributed by atoms with Gasteiger partial charge in [0, 0.05) is 19.6 Å². The first-order valence-electron chi connectivity index (χ1n) is 9.84. The van der Waals surface area contributed by atoms with Gasteiger partial charge in [0.1, 0.15) is 11.5 Å². The van der Waals surface area contributed by atoms with Crippen LogP contribution in [0.1, 0.15) is 37.2 Å². The first kappa shape index (κ1) is 21.4. The number of carbonyl (C=O) groups is 2. The van der Waals surface area contributed by atoms with Crippen LogP contribution < -0.4 is 11.2 Å². The minimum atomic E-state index is -0.849. The average molecular weight is 418 g/mol. The molecule has 9 nitrogen and oxygen atoms in total. The highest BCUT2D eigenvalue weighted by Crippen LogP contribution is 2.19. The van der Waals surface area contributed by atoms with E-state index in [2.05, 4.69) is 5.10 Å². The van der Waals surface area contributed by atoms with Crippen molar-refractivity contribution in [2.45, 2.75) is 33.2 Å². The van der Waals surface area contributed by atoms with Gasteiger partial charge in [-0.15, -0.1) is 0 Å². The van der Waals surface area contributed by atoms with Crippen molar-refractivity contribution in [3.8, 4) is 5.69 Å². The maximum Gasteiger partial charge on any atom is 0.352 e. The molecule has 0 spiro atoms. The molecule has 30 heavy (non-hydrogen) atoms. The van der Waals surface area contributed by atoms with Crippen LogP contribution in [-0.2, 0) is 16.1 Å². The lowest BCUT2D eigenvalue weighted by Gasteiger charge is -2.31. The Bertz CT molecular complexity index is 1080. The van der Waals surface area contributed by atoms with E-state index in [1.165, 1.54) is 23.1 Å². The Balaban J connectivity index is 2.03. The van der Waals surface area contributed by atoms with Gasteiger partial charge < -0.3 is 9.64 Å². The molecule has 0 radical (unpaired) electrons. The molecule has 0 saturated carbocycles. The molecule has 1 aromatic carbocycles. The van der Waals surface area contributed by atoms with Gasteiger partial charge in [-0.3, -0.25) is 19.0 Å². The quantitative estimate of drug-likeness (QED) is 0.671. The van der Waals surface area contributed by atoms with Crippen LogP contribution in [0.3, 0.4) is 0 Å². The van der Waals surface area contributed by atoms with Gasteiger partial charge >= 0.3 is 11.7 Å². The fraction of sp³-hybridized carbons (Fsp3) is 0.450. The predicted molar refractivity (Wildman–Crippen MR) is 105 cm³/mol. The lowest BCUT2D eigenvalue weighted by atomic mass is 9.98. The van der Waals surface area contributed by atoms with Crippen molar-refractivity contribution in [2.24, 2.45) is 5.92 Å². The standard InChI is InChI=1S/C20H23FN4O5/c1-3-24-18(27)16(22-25(20(24)29)15-10-6-5-9-14(15)21)17(26)23-11-7-8-13(12-23)19(28)30-4-2/h5-6,9-10,13H,3-4,7-8,11-12H2,1-2H3. The molecule has 0 aliphatic carbocycles. The number of carbonyl (C=O) groups excluding carboxylic acids is 2. The minimum Gasteiger partial charge on any atom is -0.466 e. The van der Waals surface area contributed by atoms with E-state index in [0.717, 1.165) is 15.3 Å². The molecular weight excluding hydrogens is 395 g/mol. The van der Waals surface area contributed by atoms with Crippen LogP contribution in [0.15, 0.2) is 33.9 Å². The van der Waals surface area contributed by atoms with Crippen molar-refractivity contribution in [1.82, 2.24) is 19.2 Å². The summed E-state index contributed by atoms with van der Waals surface area (Å²) in [5.41, 5.74) is -2.35. The molecule has 10 heteroatoms. The van der Waals surface area contributed by atoms with Crippen molar-refractivity contribution in [3.05, 3.63) is 56.6 Å². The van der Waals surface area contributed by atoms with E-state index < -0.39 is 40.6 Å². The lowest BCUT2D eigenvalue weighted by Crippen LogP contribution is -2.49. The molecule has 1 aromatic heterocycles. The third-order valence-corrected chi connectivity index (χ3v) is 4.99. The van der Waals surface area contributed by atoms with Crippen LogP contribution in [0.4, 0.5) is 4.39 Å². The van der Waals surface area contributed by atoms with Crippen LogP contribution in [0, 0.1) is 11.7 Å². The molecule has 1 amide bonds. The molecular formula is C20H23FN4O5. The first-order valence-corrected chi connectivity index (χ1v) is 9.84. The second-order valence-corrected chi connectivity index (χ2v) is 6.89. The number of ether oxygens (including phenoxy) is 1. The van der Waals surface area contributed by atoms with E-state index in [1.807, 2.05) is 0 Å². The minimum absolute atomic E-state index is 0.0135. The molecule has 0 bridgehead atoms. The summed E-state index contributed by atoms with van der Waals surface area (Å²) in [5, 5.41) is 3.92. The van der Waals surface area contributed by atoms with Gasteiger partial charge in [0.2, 0.25) is 5.69 Å². The Morgan fingerprint density at radius 2 is 1.97 bits per heavy atom. The number of benzene rings is 1. The number of esters is 1. The zero-order chi connectivity index (χ0) is 21.8. The van der Waals surface area contributed by atoms with Gasteiger partial charge in [-0.1, -0.05) is 12.1 Å². The maximum absolute atomic E-state index is 14.3. The van der Waals surface area contributed by atoms with E-state index in [9.17, 15) is 23.6 Å². The van der Waals surface area contributed by atoms with Crippen molar-refractivity contribution >= 4 is 11.9 Å². The first-order chi connectivity index (χ1) is 14.4. The van der Waals surface area contributed by atoms with Gasteiger partial charge in [0.25, 0.3) is 11.5 Å². The summed E-state index contributed by atoms with van der Waals surface area (Å²) in [5.74, 6) is -2.31. The van der Waals surface area contributed by atoms with Gasteiger partial charge in [-0.2, -0.15) is 9.78 Å². The molecule has 1 fully saturated rings. The molecule has 1 aliphatic heterocycles. The molecule has 1 aliphatic rings. The van der Waals surface area contributed by atoms with Crippen LogP contribution in [-0.4, -0.2) is 50.8 Å². The molecule has 2 heterocycles. The van der Waals surface area contributed by atoms with E-state index in [-0.39, 0.29) is 25.4 Å². The number of para-hydroxylation sites is 1. The van der Waals surface area contributed by atoms with Crippen LogP contribution in [0.25, 0.3) is 5.69 Å². The summed E-state index contributed by atoms with van der Waals surface area (Å²) >= 11 is 0. The van der Waals surface area contributed by atoms with Crippen molar-refractivity contribution in [3.63, 3.8) is 0 Å². The molecule has 1 atom stereocenters. The normalized spacial score (nSPS) is 16.4. The Hall–Kier alpha value is -3.30. The third-order valence-electron chi connectivity index (χ3n) is 4.99. The Morgan fingerprint density at radius 1 is 1.23 bits per heavy atom. The van der Waals surface area contributed by atoms with E-state index in [1.54, 1.807) is 13.8 Å². The fourth-order valence-corrected chi connectivity index (χ4v) is 3.47. The second-order valence-electron chi connectivity index (χ2n) is 6.89. The summed E-state index contributed by atoms with van der Waals surface area (Å²) < 4.78 is 20.8. The van der Waals surface area contributed by atoms with E-state index >= 15 is 0 Å². The molecule has 2 aromatic rings. The topological polar surface area (TPSA) is 104 Å². The Kier molecular flexibility index (Phi) is 6.43. The van der Waals surface area contributed by atoms with Crippen LogP contribution in [0.5, 0.6) is 0 Å². The SMILES string of the molecule is CCOC(=O)C1CCCN(C(=O)c2nn(-c3ccccc3F)c(=O)n(CC)c2=O)C1. The molecule has 1 saturated heterocycles. The number of amides is 1. The van der Waals surface area contributed by atoms with Crippen LogP contribution in [0.2, 0.25) is 0 Å². The molecule has 1 unspecified atom stereocenters. The predicted octanol–water partition coefficient (Wildman–Crippen LogP) is 0.969. The molecule has 0 N–H and O–H groups in total. The second kappa shape index (κ2) is 9.02. The van der Waals surface area contributed by atoms with Crippen molar-refractivity contribution < 1.29 is 18.7 Å². The Morgan fingerprint density at radius 3 is 2.63 bits per heavy atom. The number of piperidine rings is 1. The Labute approximate surface area is 171 Å². The summed E-state index contributed by atoms with van der Waals surface area (Å²) in [7, 11) is 0. The monoisotopic (exact) mass is 418 g/mol. The average Bonchev–Trinajstić information content (AvgIpc) is 2.75. The highest BCUT2D eigenvalue weighted by Gasteiger charge is 2.32. The number of likely N-dealkylation sites (tertiary alicyclic amines) is 1. The summed E-state index contributed by atoms with van der Waals surface area (Å²) in [6.45, 7) is 3.91. The van der Waals surface area contributed by atoms with Crippen molar-refractivity contribution in [2.75, 3.05) is 19.7 Å². The highest BCUT2D eigenvalue weighted by molar-refractivity contribution is 5.92. The number of halogens is 1. The molecule has 3 rings (SSSR count). The zero-order valence-corrected chi connectivity index (χ0v) is 16.8. The van der Waals surface area contributed by atoms with Gasteiger partial charge in [-0.05, 0) is 38.8 Å². The number of hydrogen-bond donors (Lipinski definition) is 0. The number of nitrogens with zero attached hydrogens (tertiary/aromatic N) is 4. The van der Waals surface area contributed by atoms with Gasteiger partial charge in [-0.25, -0.2) is 9.18 Å². The smallest absolute Gasteiger partial charge is 0.352 e. The fourth-order valence-electron chi connectivity index (χ4n) is 3.47. The van der Waals surface area contributed by atoms with E-state index in [0.29, 0.717) is 19.4 Å². The maximum atomic E-state index is 14.3. The lowest BCUT2D eigenvalue weighted by molar-refractivity contribution is -0.149. The van der Waals surface area contributed by atoms with Crippen molar-refractivity contribution in [1.29, 1.82) is 0 Å². The summed E-state index contributed by atoms with van der Waals surface area (Å²) in [6, 6.07) is 5.46. The summed E-state index contributed by atoms with van der Waals surface area (Å²) in [4.78, 5) is 51.9. The summed E-state index contributed by atoms with van der Waals surface area (Å²) in [6.07, 6.45) is 1.13.